The summed E-state index contributed by atoms with van der Waals surface area (Å²) in [5.41, 5.74) is 1.52. The van der Waals surface area contributed by atoms with E-state index < -0.39 is 28.5 Å². The molecule has 0 aliphatic heterocycles. The number of rotatable bonds is 15. The van der Waals surface area contributed by atoms with Crippen molar-refractivity contribution in [3.05, 3.63) is 118 Å². The number of carbonyl (C=O) groups is 2. The molecule has 9 nitrogen and oxygen atoms in total. The average Bonchev–Trinajstić information content (AvgIpc) is 3.08. The summed E-state index contributed by atoms with van der Waals surface area (Å²) in [6.45, 7) is 3.60. The lowest BCUT2D eigenvalue weighted by molar-refractivity contribution is -0.140. The van der Waals surface area contributed by atoms with E-state index in [1.54, 1.807) is 42.5 Å². The number of amides is 2. The van der Waals surface area contributed by atoms with Crippen molar-refractivity contribution in [1.29, 1.82) is 0 Å². The highest BCUT2D eigenvalue weighted by atomic mass is 35.5. The third-order valence-electron chi connectivity index (χ3n) is 7.58. The van der Waals surface area contributed by atoms with Gasteiger partial charge in [0.05, 0.1) is 24.8 Å². The fourth-order valence-corrected chi connectivity index (χ4v) is 6.93. The van der Waals surface area contributed by atoms with E-state index in [4.69, 9.17) is 32.7 Å². The van der Waals surface area contributed by atoms with Gasteiger partial charge in [0.25, 0.3) is 10.0 Å². The predicted octanol–water partition coefficient (Wildman–Crippen LogP) is 6.62. The van der Waals surface area contributed by atoms with Crippen LogP contribution in [-0.2, 0) is 32.6 Å². The van der Waals surface area contributed by atoms with Gasteiger partial charge in [0.1, 0.15) is 12.6 Å². The molecule has 4 aromatic rings. The van der Waals surface area contributed by atoms with Crippen LogP contribution in [0.2, 0.25) is 10.0 Å². The first-order valence-electron chi connectivity index (χ1n) is 15.3. The van der Waals surface area contributed by atoms with Crippen LogP contribution >= 0.6 is 23.2 Å². The predicted molar refractivity (Wildman–Crippen MR) is 189 cm³/mol. The van der Waals surface area contributed by atoms with Crippen molar-refractivity contribution in [3.8, 4) is 11.5 Å². The quantitative estimate of drug-likeness (QED) is 0.149. The summed E-state index contributed by atoms with van der Waals surface area (Å²) in [7, 11) is -1.39. The molecule has 48 heavy (non-hydrogen) atoms. The van der Waals surface area contributed by atoms with Gasteiger partial charge < -0.3 is 19.7 Å². The van der Waals surface area contributed by atoms with E-state index in [9.17, 15) is 18.0 Å². The van der Waals surface area contributed by atoms with Crippen LogP contribution in [0.15, 0.2) is 102 Å². The Morgan fingerprint density at radius 2 is 1.48 bits per heavy atom. The number of nitrogens with zero attached hydrogens (tertiary/aromatic N) is 2. The minimum absolute atomic E-state index is 0.0182. The molecule has 0 aliphatic rings. The van der Waals surface area contributed by atoms with Crippen molar-refractivity contribution in [2.45, 2.75) is 37.8 Å². The Labute approximate surface area is 292 Å². The standard InChI is InChI=1S/C36H39Cl2N3O6S/c1-25(2)22-39-36(43)32(19-26-11-7-5-8-12-26)40(23-27-15-16-28(37)20-31(27)38)35(42)24-41(48(44,45)30-13-9-6-10-14-30)29-17-18-33(46-3)34(21-29)47-4/h5-18,20-21,25,32H,19,22-24H2,1-4H3,(H,39,43)/t32-/m0/s1. The molecule has 0 radical (unpaired) electrons. The monoisotopic (exact) mass is 711 g/mol. The zero-order chi connectivity index (χ0) is 34.8. The van der Waals surface area contributed by atoms with Gasteiger partial charge in [-0.15, -0.1) is 0 Å². The van der Waals surface area contributed by atoms with E-state index in [0.29, 0.717) is 27.9 Å². The van der Waals surface area contributed by atoms with Gasteiger partial charge in [0.15, 0.2) is 11.5 Å². The number of nitrogens with one attached hydrogen (secondary N) is 1. The maximum atomic E-state index is 14.7. The highest BCUT2D eigenvalue weighted by Gasteiger charge is 2.35. The summed E-state index contributed by atoms with van der Waals surface area (Å²) < 4.78 is 40.3. The Bertz CT molecular complexity index is 1810. The van der Waals surface area contributed by atoms with Crippen molar-refractivity contribution < 1.29 is 27.5 Å². The Balaban J connectivity index is 1.85. The topological polar surface area (TPSA) is 105 Å². The molecule has 0 bridgehead atoms. The number of carbonyl (C=O) groups excluding carboxylic acids is 2. The second kappa shape index (κ2) is 16.7. The molecule has 1 atom stereocenters. The Hall–Kier alpha value is -4.25. The molecule has 0 aliphatic carbocycles. The van der Waals surface area contributed by atoms with E-state index in [0.717, 1.165) is 9.87 Å². The van der Waals surface area contributed by atoms with Gasteiger partial charge in [-0.1, -0.05) is 91.6 Å². The number of hydrogen-bond acceptors (Lipinski definition) is 6. The Morgan fingerprint density at radius 1 is 0.833 bits per heavy atom. The van der Waals surface area contributed by atoms with Crippen LogP contribution < -0.4 is 19.1 Å². The second-order valence-corrected chi connectivity index (χ2v) is 14.2. The first-order chi connectivity index (χ1) is 22.9. The van der Waals surface area contributed by atoms with E-state index in [1.165, 1.54) is 43.4 Å². The number of sulfonamides is 1. The largest absolute Gasteiger partial charge is 0.493 e. The van der Waals surface area contributed by atoms with Crippen LogP contribution in [0, 0.1) is 5.92 Å². The number of ether oxygens (including phenoxy) is 2. The van der Waals surface area contributed by atoms with Crippen LogP contribution in [0.3, 0.4) is 0 Å². The zero-order valence-electron chi connectivity index (χ0n) is 27.2. The van der Waals surface area contributed by atoms with Crippen LogP contribution in [0.5, 0.6) is 11.5 Å². The highest BCUT2D eigenvalue weighted by molar-refractivity contribution is 7.92. The molecule has 2 amide bonds. The van der Waals surface area contributed by atoms with Crippen LogP contribution in [0.4, 0.5) is 5.69 Å². The zero-order valence-corrected chi connectivity index (χ0v) is 29.6. The number of halogens is 2. The summed E-state index contributed by atoms with van der Waals surface area (Å²) in [5, 5.41) is 3.68. The lowest BCUT2D eigenvalue weighted by atomic mass is 10.0. The SMILES string of the molecule is COc1ccc(N(CC(=O)N(Cc2ccc(Cl)cc2Cl)[C@@H](Cc2ccccc2)C(=O)NCC(C)C)S(=O)(=O)c2ccccc2)cc1OC. The van der Waals surface area contributed by atoms with E-state index in [1.807, 2.05) is 44.2 Å². The summed E-state index contributed by atoms with van der Waals surface area (Å²) in [4.78, 5) is 30.0. The fourth-order valence-electron chi connectivity index (χ4n) is 5.04. The normalized spacial score (nSPS) is 11.9. The summed E-state index contributed by atoms with van der Waals surface area (Å²) in [6, 6.07) is 25.6. The van der Waals surface area contributed by atoms with Crippen molar-refractivity contribution in [2.75, 3.05) is 31.6 Å². The molecular weight excluding hydrogens is 673 g/mol. The molecule has 0 spiro atoms. The fraction of sp³-hybridized carbons (Fsp3) is 0.278. The first kappa shape index (κ1) is 36.6. The van der Waals surface area contributed by atoms with Gasteiger partial charge in [0.2, 0.25) is 11.8 Å². The van der Waals surface area contributed by atoms with Crippen LogP contribution in [0.1, 0.15) is 25.0 Å². The Kier molecular flexibility index (Phi) is 12.7. The van der Waals surface area contributed by atoms with E-state index in [2.05, 4.69) is 5.32 Å². The van der Waals surface area contributed by atoms with Gasteiger partial charge >= 0.3 is 0 Å². The van der Waals surface area contributed by atoms with Gasteiger partial charge in [-0.3, -0.25) is 13.9 Å². The lowest BCUT2D eigenvalue weighted by Gasteiger charge is -2.34. The molecule has 0 aromatic heterocycles. The number of benzene rings is 4. The molecular formula is C36H39Cl2N3O6S. The van der Waals surface area contributed by atoms with Gasteiger partial charge in [-0.05, 0) is 53.4 Å². The van der Waals surface area contributed by atoms with Crippen molar-refractivity contribution in [3.63, 3.8) is 0 Å². The lowest BCUT2D eigenvalue weighted by Crippen LogP contribution is -2.53. The molecule has 1 N–H and O–H groups in total. The molecule has 0 saturated heterocycles. The number of methoxy groups -OCH3 is 2. The first-order valence-corrected chi connectivity index (χ1v) is 17.5. The van der Waals surface area contributed by atoms with Gasteiger partial charge in [-0.25, -0.2) is 8.42 Å². The Morgan fingerprint density at radius 3 is 2.08 bits per heavy atom. The maximum Gasteiger partial charge on any atom is 0.264 e. The molecule has 0 heterocycles. The third kappa shape index (κ3) is 9.21. The highest BCUT2D eigenvalue weighted by Crippen LogP contribution is 2.34. The summed E-state index contributed by atoms with van der Waals surface area (Å²) >= 11 is 12.8. The van der Waals surface area contributed by atoms with Crippen LogP contribution in [-0.4, -0.2) is 58.5 Å². The van der Waals surface area contributed by atoms with E-state index in [-0.39, 0.29) is 41.1 Å². The van der Waals surface area contributed by atoms with Gasteiger partial charge in [0, 0.05) is 35.6 Å². The summed E-state index contributed by atoms with van der Waals surface area (Å²) in [6.07, 6.45) is 0.170. The van der Waals surface area contributed by atoms with Crippen molar-refractivity contribution >= 4 is 50.7 Å². The average molecular weight is 713 g/mol. The minimum Gasteiger partial charge on any atom is -0.493 e. The summed E-state index contributed by atoms with van der Waals surface area (Å²) in [5.74, 6) is -0.202. The molecule has 4 rings (SSSR count). The molecule has 12 heteroatoms. The minimum atomic E-state index is -4.29. The van der Waals surface area contributed by atoms with Crippen molar-refractivity contribution in [2.24, 2.45) is 5.92 Å². The number of anilines is 1. The van der Waals surface area contributed by atoms with E-state index >= 15 is 0 Å². The molecule has 0 fully saturated rings. The number of hydrogen-bond donors (Lipinski definition) is 1. The third-order valence-corrected chi connectivity index (χ3v) is 9.95. The van der Waals surface area contributed by atoms with Crippen LogP contribution in [0.25, 0.3) is 0 Å². The van der Waals surface area contributed by atoms with Gasteiger partial charge in [-0.2, -0.15) is 0 Å². The molecule has 0 unspecified atom stereocenters. The molecule has 4 aromatic carbocycles. The molecule has 0 saturated carbocycles. The second-order valence-electron chi connectivity index (χ2n) is 11.5. The maximum absolute atomic E-state index is 14.7. The smallest absolute Gasteiger partial charge is 0.264 e. The van der Waals surface area contributed by atoms with Crippen molar-refractivity contribution in [1.82, 2.24) is 10.2 Å². The molecule has 254 valence electrons.